The Morgan fingerprint density at radius 3 is 2.46 bits per heavy atom. The van der Waals surface area contributed by atoms with Gasteiger partial charge in [-0.05, 0) is 43.5 Å². The summed E-state index contributed by atoms with van der Waals surface area (Å²) in [6.07, 6.45) is 4.08. The van der Waals surface area contributed by atoms with E-state index in [0.717, 1.165) is 18.5 Å². The molecule has 0 saturated carbocycles. The van der Waals surface area contributed by atoms with Crippen LogP contribution in [0.2, 0.25) is 0 Å². The van der Waals surface area contributed by atoms with Crippen LogP contribution in [0.3, 0.4) is 0 Å². The zero-order valence-electron chi connectivity index (χ0n) is 21.8. The van der Waals surface area contributed by atoms with Crippen molar-refractivity contribution in [3.05, 3.63) is 69.0 Å². The van der Waals surface area contributed by atoms with Gasteiger partial charge in [-0.15, -0.1) is 0 Å². The minimum atomic E-state index is -0.730. The molecule has 1 aromatic carbocycles. The first kappa shape index (κ1) is 26.3. The molecule has 0 bridgehead atoms. The number of aromatic nitrogens is 2. The molecule has 4 rings (SSSR count). The Labute approximate surface area is 215 Å². The van der Waals surface area contributed by atoms with Crippen LogP contribution >= 0.6 is 0 Å². The fraction of sp³-hybridized carbons (Fsp3) is 0.444. The molecule has 0 amide bonds. The first-order valence-corrected chi connectivity index (χ1v) is 12.2. The number of hydrogen-bond donors (Lipinski definition) is 1. The molecule has 10 nitrogen and oxygen atoms in total. The van der Waals surface area contributed by atoms with Crippen molar-refractivity contribution in [3.63, 3.8) is 0 Å². The molecule has 37 heavy (non-hydrogen) atoms. The fourth-order valence-corrected chi connectivity index (χ4v) is 4.59. The zero-order chi connectivity index (χ0) is 26.7. The van der Waals surface area contributed by atoms with Gasteiger partial charge >= 0.3 is 5.97 Å². The quantitative estimate of drug-likeness (QED) is 0.432. The van der Waals surface area contributed by atoms with Gasteiger partial charge in [-0.3, -0.25) is 19.2 Å². The number of carbonyl (C=O) groups excluding carboxylic acids is 1. The van der Waals surface area contributed by atoms with Crippen LogP contribution in [0, 0.1) is 0 Å². The van der Waals surface area contributed by atoms with Gasteiger partial charge in [-0.1, -0.05) is 0 Å². The number of ether oxygens (including phenoxy) is 3. The highest BCUT2D eigenvalue weighted by Gasteiger charge is 2.29. The second kappa shape index (κ2) is 11.1. The lowest BCUT2D eigenvalue weighted by molar-refractivity contribution is -0.140. The molecule has 198 valence electrons. The van der Waals surface area contributed by atoms with E-state index >= 15 is 0 Å². The normalized spacial score (nSPS) is 14.3. The van der Waals surface area contributed by atoms with Gasteiger partial charge in [-0.25, -0.2) is 0 Å². The Morgan fingerprint density at radius 1 is 1.14 bits per heavy atom. The van der Waals surface area contributed by atoms with Gasteiger partial charge in [0.1, 0.15) is 5.76 Å². The van der Waals surface area contributed by atoms with Crippen LogP contribution in [0.15, 0.2) is 39.8 Å². The van der Waals surface area contributed by atoms with E-state index in [0.29, 0.717) is 35.9 Å². The van der Waals surface area contributed by atoms with Crippen molar-refractivity contribution in [1.82, 2.24) is 14.7 Å². The van der Waals surface area contributed by atoms with Crippen molar-refractivity contribution in [2.45, 2.75) is 51.7 Å². The molecule has 0 aliphatic carbocycles. The van der Waals surface area contributed by atoms with Crippen LogP contribution < -0.4 is 14.9 Å². The molecule has 2 aromatic heterocycles. The van der Waals surface area contributed by atoms with Crippen LogP contribution in [0.25, 0.3) is 0 Å². The molecule has 1 atom stereocenters. The number of fused-ring (bicyclic) bond motifs is 1. The molecular weight excluding hydrogens is 478 g/mol. The van der Waals surface area contributed by atoms with Gasteiger partial charge in [-0.2, -0.15) is 5.10 Å². The number of aromatic hydroxyl groups is 1. The third kappa shape index (κ3) is 5.64. The molecule has 0 fully saturated rings. The Morgan fingerprint density at radius 2 is 1.84 bits per heavy atom. The smallest absolute Gasteiger partial charge is 0.306 e. The van der Waals surface area contributed by atoms with Crippen molar-refractivity contribution in [3.8, 4) is 17.2 Å². The molecule has 1 aliphatic heterocycles. The lowest BCUT2D eigenvalue weighted by Gasteiger charge is -2.29. The summed E-state index contributed by atoms with van der Waals surface area (Å²) in [5.41, 5.74) is 2.37. The number of nitrogens with zero attached hydrogens (tertiary/aromatic N) is 3. The Kier molecular flexibility index (Phi) is 7.87. The van der Waals surface area contributed by atoms with E-state index in [4.69, 9.17) is 18.6 Å². The Hall–Kier alpha value is -3.79. The number of hydrogen-bond acceptors (Lipinski definition) is 9. The SMILES string of the molecule is COC(=O)C[C@H](c1cnn(C(C)C)c1)c1oc(CN2CCc3cc(OC)c(OC)cc3C2)cc(=O)c1O. The average molecular weight is 512 g/mol. The second-order valence-electron chi connectivity index (χ2n) is 9.41. The van der Waals surface area contributed by atoms with E-state index in [1.165, 1.54) is 18.7 Å². The van der Waals surface area contributed by atoms with E-state index < -0.39 is 23.1 Å². The average Bonchev–Trinajstić information content (AvgIpc) is 3.39. The van der Waals surface area contributed by atoms with Gasteiger partial charge in [0.05, 0.1) is 46.4 Å². The summed E-state index contributed by atoms with van der Waals surface area (Å²) < 4.78 is 23.6. The number of esters is 1. The van der Waals surface area contributed by atoms with Crippen LogP contribution in [-0.4, -0.2) is 53.6 Å². The molecule has 1 aliphatic rings. The summed E-state index contributed by atoms with van der Waals surface area (Å²) in [6.45, 7) is 5.68. The van der Waals surface area contributed by atoms with Gasteiger partial charge < -0.3 is 23.7 Å². The van der Waals surface area contributed by atoms with Gasteiger partial charge in [0.15, 0.2) is 17.3 Å². The monoisotopic (exact) mass is 511 g/mol. The lowest BCUT2D eigenvalue weighted by atomic mass is 9.94. The Bertz CT molecular complexity index is 1330. The highest BCUT2D eigenvalue weighted by molar-refractivity contribution is 5.71. The van der Waals surface area contributed by atoms with E-state index in [1.54, 1.807) is 31.3 Å². The van der Waals surface area contributed by atoms with Crippen molar-refractivity contribution < 1.29 is 28.5 Å². The lowest BCUT2D eigenvalue weighted by Crippen LogP contribution is -2.30. The predicted molar refractivity (Wildman–Crippen MR) is 135 cm³/mol. The number of benzene rings is 1. The molecule has 0 unspecified atom stereocenters. The molecule has 3 heterocycles. The summed E-state index contributed by atoms with van der Waals surface area (Å²) in [5, 5.41) is 15.0. The fourth-order valence-electron chi connectivity index (χ4n) is 4.59. The number of carbonyl (C=O) groups is 1. The highest BCUT2D eigenvalue weighted by atomic mass is 16.5. The third-order valence-corrected chi connectivity index (χ3v) is 6.64. The van der Waals surface area contributed by atoms with Crippen molar-refractivity contribution in [1.29, 1.82) is 0 Å². The molecule has 0 radical (unpaired) electrons. The molecule has 10 heteroatoms. The number of methoxy groups -OCH3 is 3. The van der Waals surface area contributed by atoms with Crippen LogP contribution in [0.5, 0.6) is 17.2 Å². The summed E-state index contributed by atoms with van der Waals surface area (Å²) in [7, 11) is 4.51. The maximum atomic E-state index is 12.8. The topological polar surface area (TPSA) is 116 Å². The van der Waals surface area contributed by atoms with Crippen molar-refractivity contribution >= 4 is 5.97 Å². The standard InChI is InChI=1S/C27H33N3O7/c1-16(2)30-14-19(12-28-30)21(11-25(32)36-5)27-26(33)22(31)10-20(37-27)15-29-7-6-17-8-23(34-3)24(35-4)9-18(17)13-29/h8-10,12,14,16,21,33H,6-7,11,13,15H2,1-5H3/t21-/m1/s1. The van der Waals surface area contributed by atoms with Gasteiger partial charge in [0.25, 0.3) is 0 Å². The summed E-state index contributed by atoms with van der Waals surface area (Å²) in [5.74, 6) is 0.0391. The maximum absolute atomic E-state index is 12.8. The van der Waals surface area contributed by atoms with Gasteiger partial charge in [0, 0.05) is 37.0 Å². The van der Waals surface area contributed by atoms with Gasteiger partial charge in [0.2, 0.25) is 11.2 Å². The zero-order valence-corrected chi connectivity index (χ0v) is 21.8. The predicted octanol–water partition coefficient (Wildman–Crippen LogP) is 3.39. The first-order valence-electron chi connectivity index (χ1n) is 12.2. The third-order valence-electron chi connectivity index (χ3n) is 6.64. The van der Waals surface area contributed by atoms with E-state index in [9.17, 15) is 14.7 Å². The van der Waals surface area contributed by atoms with Crippen LogP contribution in [0.4, 0.5) is 0 Å². The molecule has 1 N–H and O–H groups in total. The minimum Gasteiger partial charge on any atom is -0.502 e. The summed E-state index contributed by atoms with van der Waals surface area (Å²) in [4.78, 5) is 27.2. The summed E-state index contributed by atoms with van der Waals surface area (Å²) >= 11 is 0. The molecule has 3 aromatic rings. The van der Waals surface area contributed by atoms with Crippen molar-refractivity contribution in [2.75, 3.05) is 27.9 Å². The second-order valence-corrected chi connectivity index (χ2v) is 9.41. The number of rotatable bonds is 9. The maximum Gasteiger partial charge on any atom is 0.306 e. The molecule has 0 spiro atoms. The van der Waals surface area contributed by atoms with Crippen LogP contribution in [-0.2, 0) is 29.0 Å². The van der Waals surface area contributed by atoms with E-state index in [2.05, 4.69) is 10.00 Å². The molecule has 0 saturated heterocycles. The minimum absolute atomic E-state index is 0.0278. The van der Waals surface area contributed by atoms with Crippen molar-refractivity contribution in [2.24, 2.45) is 0 Å². The molecular formula is C27H33N3O7. The van der Waals surface area contributed by atoms with Crippen LogP contribution in [0.1, 0.15) is 60.4 Å². The Balaban J connectivity index is 1.64. The summed E-state index contributed by atoms with van der Waals surface area (Å²) in [6, 6.07) is 5.37. The van der Waals surface area contributed by atoms with E-state index in [-0.39, 0.29) is 18.2 Å². The largest absolute Gasteiger partial charge is 0.502 e. The van der Waals surface area contributed by atoms with E-state index in [1.807, 2.05) is 26.0 Å². The first-order chi connectivity index (χ1) is 17.7. The highest BCUT2D eigenvalue weighted by Crippen LogP contribution is 2.35.